The van der Waals surface area contributed by atoms with Gasteiger partial charge in [0.15, 0.2) is 0 Å². The highest BCUT2D eigenvalue weighted by Gasteiger charge is 2.41. The highest BCUT2D eigenvalue weighted by atomic mass is 19.4. The van der Waals surface area contributed by atoms with Gasteiger partial charge in [0.1, 0.15) is 5.69 Å². The fourth-order valence-corrected chi connectivity index (χ4v) is 5.19. The number of amides is 2. The van der Waals surface area contributed by atoms with Gasteiger partial charge in [0.2, 0.25) is 11.8 Å². The van der Waals surface area contributed by atoms with Crippen LogP contribution in [-0.2, 0) is 11.3 Å². The lowest BCUT2D eigenvalue weighted by molar-refractivity contribution is -0.147. The van der Waals surface area contributed by atoms with E-state index in [2.05, 4.69) is 30.8 Å². The summed E-state index contributed by atoms with van der Waals surface area (Å²) >= 11 is 0. The smallest absolute Gasteiger partial charge is 0.356 e. The molecule has 2 atom stereocenters. The average Bonchev–Trinajstić information content (AvgIpc) is 3.62. The van der Waals surface area contributed by atoms with Crippen molar-refractivity contribution in [2.75, 3.05) is 6.54 Å². The van der Waals surface area contributed by atoms with Crippen molar-refractivity contribution in [1.82, 2.24) is 40.0 Å². The number of halogens is 8. The molecule has 2 fully saturated rings. The fraction of sp³-hybridized carbons (Fsp3) is 0.643. The van der Waals surface area contributed by atoms with Gasteiger partial charge in [0.05, 0.1) is 35.2 Å². The van der Waals surface area contributed by atoms with Crippen molar-refractivity contribution in [1.29, 1.82) is 0 Å². The maximum atomic E-state index is 13.8. The summed E-state index contributed by atoms with van der Waals surface area (Å²) < 4.78 is 99.3. The number of hydrogen-bond acceptors (Lipinski definition) is 6. The molecule has 46 heavy (non-hydrogen) atoms. The maximum absolute atomic E-state index is 13.8. The minimum atomic E-state index is -4.50. The van der Waals surface area contributed by atoms with Gasteiger partial charge in [-0.15, -0.1) is 0 Å². The lowest BCUT2D eigenvalue weighted by Crippen LogP contribution is -2.38. The Morgan fingerprint density at radius 1 is 1.15 bits per heavy atom. The Hall–Kier alpha value is -3.86. The first-order chi connectivity index (χ1) is 21.5. The Labute approximate surface area is 259 Å². The molecule has 10 nitrogen and oxygen atoms in total. The Kier molecular flexibility index (Phi) is 12.4. The third-order valence-electron chi connectivity index (χ3n) is 7.68. The minimum Gasteiger partial charge on any atom is -0.356 e. The Bertz CT molecular complexity index is 1440. The van der Waals surface area contributed by atoms with Gasteiger partial charge in [0, 0.05) is 38.5 Å². The third-order valence-corrected chi connectivity index (χ3v) is 7.68. The lowest BCUT2D eigenvalue weighted by atomic mass is 9.81. The van der Waals surface area contributed by atoms with E-state index >= 15 is 0 Å². The van der Waals surface area contributed by atoms with Gasteiger partial charge < -0.3 is 10.6 Å². The number of fused-ring (bicyclic) bond motifs is 1. The number of alkyl halides is 8. The molecule has 0 bridgehead atoms. The molecule has 3 aromatic rings. The summed E-state index contributed by atoms with van der Waals surface area (Å²) in [5.41, 5.74) is 0.450. The summed E-state index contributed by atoms with van der Waals surface area (Å²) in [5.74, 6) is -5.26. The van der Waals surface area contributed by atoms with Crippen LogP contribution >= 0.6 is 0 Å². The van der Waals surface area contributed by atoms with Crippen molar-refractivity contribution in [2.24, 2.45) is 5.92 Å². The highest BCUT2D eigenvalue weighted by molar-refractivity contribution is 5.92. The Balaban J connectivity index is 0.000000445. The summed E-state index contributed by atoms with van der Waals surface area (Å²) in [6, 6.07) is 0.789. The molecule has 256 valence electrons. The molecule has 1 aliphatic carbocycles. The molecular formula is C28H36F8N8O2. The van der Waals surface area contributed by atoms with Gasteiger partial charge in [-0.3, -0.25) is 14.3 Å². The van der Waals surface area contributed by atoms with E-state index in [1.165, 1.54) is 28.5 Å². The Morgan fingerprint density at radius 3 is 2.33 bits per heavy atom. The SMILES string of the molecule is CCn1nccc1C(=O)NC(c1cn2nc(C)c(C(C)C(F)(F)F)nc2n1)C1CCC(F)(F)CC1.FC(F)F.O=C1CCCCN1. The third kappa shape index (κ3) is 10.1. The van der Waals surface area contributed by atoms with Crippen LogP contribution in [-0.4, -0.2) is 66.5 Å². The van der Waals surface area contributed by atoms with Crippen molar-refractivity contribution in [3.63, 3.8) is 0 Å². The van der Waals surface area contributed by atoms with Gasteiger partial charge in [-0.25, -0.2) is 23.3 Å². The molecule has 0 aromatic carbocycles. The second-order valence-corrected chi connectivity index (χ2v) is 11.0. The van der Waals surface area contributed by atoms with E-state index in [0.717, 1.165) is 32.7 Å². The molecule has 1 saturated heterocycles. The number of carbonyl (C=O) groups is 2. The largest absolute Gasteiger partial charge is 0.397 e. The minimum absolute atomic E-state index is 0.0595. The summed E-state index contributed by atoms with van der Waals surface area (Å²) in [6.45, 7) is 1.93. The van der Waals surface area contributed by atoms with E-state index in [1.807, 2.05) is 6.92 Å². The van der Waals surface area contributed by atoms with E-state index in [1.54, 1.807) is 6.07 Å². The van der Waals surface area contributed by atoms with Crippen molar-refractivity contribution in [2.45, 2.75) is 103 Å². The number of nitrogens with zero attached hydrogens (tertiary/aromatic N) is 6. The van der Waals surface area contributed by atoms with Crippen LogP contribution in [0.1, 0.15) is 98.3 Å². The first-order valence-corrected chi connectivity index (χ1v) is 14.7. The topological polar surface area (TPSA) is 119 Å². The summed E-state index contributed by atoms with van der Waals surface area (Å²) in [7, 11) is 0. The van der Waals surface area contributed by atoms with Crippen LogP contribution in [0.2, 0.25) is 0 Å². The van der Waals surface area contributed by atoms with Gasteiger partial charge >= 0.3 is 12.9 Å². The number of piperidine rings is 1. The number of aromatic nitrogens is 6. The number of aryl methyl sites for hydroxylation is 2. The number of nitrogens with one attached hydrogen (secondary N) is 2. The van der Waals surface area contributed by atoms with E-state index in [-0.39, 0.29) is 54.7 Å². The second kappa shape index (κ2) is 15.6. The average molecular weight is 669 g/mol. The summed E-state index contributed by atoms with van der Waals surface area (Å²) in [5, 5.41) is 13.9. The zero-order valence-electron chi connectivity index (χ0n) is 25.4. The van der Waals surface area contributed by atoms with E-state index in [0.29, 0.717) is 17.9 Å². The first kappa shape index (κ1) is 36.6. The number of carbonyl (C=O) groups excluding carboxylic acids is 2. The van der Waals surface area contributed by atoms with Crippen LogP contribution in [0.15, 0.2) is 18.5 Å². The van der Waals surface area contributed by atoms with Crippen LogP contribution in [0.3, 0.4) is 0 Å². The normalized spacial score (nSPS) is 18.1. The quantitative estimate of drug-likeness (QED) is 0.308. The lowest BCUT2D eigenvalue weighted by Gasteiger charge is -2.33. The van der Waals surface area contributed by atoms with E-state index < -0.39 is 36.6 Å². The van der Waals surface area contributed by atoms with Gasteiger partial charge in [-0.05, 0) is 58.4 Å². The molecule has 2 N–H and O–H groups in total. The molecule has 5 rings (SSSR count). The molecule has 1 saturated carbocycles. The van der Waals surface area contributed by atoms with Gasteiger partial charge in [0.25, 0.3) is 11.7 Å². The van der Waals surface area contributed by atoms with Crippen LogP contribution in [0.5, 0.6) is 0 Å². The van der Waals surface area contributed by atoms with Crippen LogP contribution in [0.25, 0.3) is 5.78 Å². The van der Waals surface area contributed by atoms with E-state index in [9.17, 15) is 44.7 Å². The zero-order chi connectivity index (χ0) is 34.2. The standard InChI is InChI=1S/C22H26F5N7O.C5H9NO.CHF3/c1-4-33-16(7-10-28-33)19(35)30-18(14-5-8-21(23,24)9-6-14)15-11-34-20(29-15)31-17(13(3)32-34)12(2)22(25,26)27;7-5-3-1-2-4-6-5;2-1(3)4/h7,10-12,14,18H,4-6,8-9H2,1-3H3,(H,30,35);1-4H2,(H,6,7);1H. The number of hydrogen-bond donors (Lipinski definition) is 2. The van der Waals surface area contributed by atoms with Crippen molar-refractivity contribution < 1.29 is 44.7 Å². The highest BCUT2D eigenvalue weighted by Crippen LogP contribution is 2.41. The molecule has 1 aliphatic heterocycles. The molecule has 3 aromatic heterocycles. The first-order valence-electron chi connectivity index (χ1n) is 14.7. The fourth-order valence-electron chi connectivity index (χ4n) is 5.19. The molecule has 18 heteroatoms. The van der Waals surface area contributed by atoms with Crippen LogP contribution in [0, 0.1) is 12.8 Å². The molecular weight excluding hydrogens is 632 g/mol. The van der Waals surface area contributed by atoms with Crippen molar-refractivity contribution in [3.05, 3.63) is 41.2 Å². The molecule has 2 aliphatic rings. The number of rotatable bonds is 6. The van der Waals surface area contributed by atoms with E-state index in [4.69, 9.17) is 0 Å². The van der Waals surface area contributed by atoms with Crippen LogP contribution < -0.4 is 10.6 Å². The second-order valence-electron chi connectivity index (χ2n) is 11.0. The molecule has 4 heterocycles. The molecule has 2 amide bonds. The van der Waals surface area contributed by atoms with Crippen molar-refractivity contribution in [3.8, 4) is 0 Å². The predicted molar refractivity (Wildman–Crippen MR) is 149 cm³/mol. The van der Waals surface area contributed by atoms with Crippen LogP contribution in [0.4, 0.5) is 35.1 Å². The molecule has 2 unspecified atom stereocenters. The van der Waals surface area contributed by atoms with Crippen molar-refractivity contribution >= 4 is 17.6 Å². The monoisotopic (exact) mass is 668 g/mol. The number of imidazole rings is 1. The van der Waals surface area contributed by atoms with Gasteiger partial charge in [-0.1, -0.05) is 0 Å². The Morgan fingerprint density at radius 2 is 1.80 bits per heavy atom. The summed E-state index contributed by atoms with van der Waals surface area (Å²) in [6.07, 6.45) is 1.08. The summed E-state index contributed by atoms with van der Waals surface area (Å²) in [4.78, 5) is 31.9. The predicted octanol–water partition coefficient (Wildman–Crippen LogP) is 6.08. The zero-order valence-corrected chi connectivity index (χ0v) is 25.4. The molecule has 0 radical (unpaired) electrons. The van der Waals surface area contributed by atoms with Gasteiger partial charge in [-0.2, -0.15) is 36.5 Å². The molecule has 0 spiro atoms. The maximum Gasteiger partial charge on any atom is 0.397 e.